The topological polar surface area (TPSA) is 72.7 Å². The second-order valence-corrected chi connectivity index (χ2v) is 5.03. The molecule has 0 aliphatic heterocycles. The van der Waals surface area contributed by atoms with E-state index in [0.717, 1.165) is 24.8 Å². The number of nitrogens with zero attached hydrogens (tertiary/aromatic N) is 4. The monoisotopic (exact) mass is 283 g/mol. The second-order valence-electron chi connectivity index (χ2n) is 5.03. The van der Waals surface area contributed by atoms with Gasteiger partial charge in [0, 0.05) is 24.2 Å². The molecule has 1 unspecified atom stereocenters. The normalized spacial score (nSPS) is 17.6. The van der Waals surface area contributed by atoms with Crippen molar-refractivity contribution >= 4 is 5.91 Å². The summed E-state index contributed by atoms with van der Waals surface area (Å²) < 4.78 is 1.60. The van der Waals surface area contributed by atoms with Crippen LogP contribution in [0.5, 0.6) is 0 Å². The highest BCUT2D eigenvalue weighted by atomic mass is 16.1. The molecule has 1 atom stereocenters. The van der Waals surface area contributed by atoms with Gasteiger partial charge in [0.2, 0.25) is 5.91 Å². The number of rotatable bonds is 4. The average molecular weight is 283 g/mol. The number of hydrogen-bond acceptors (Lipinski definition) is 4. The summed E-state index contributed by atoms with van der Waals surface area (Å²) in [5.41, 5.74) is 0.919. The first kappa shape index (κ1) is 13.5. The molecular weight excluding hydrogens is 266 g/mol. The summed E-state index contributed by atoms with van der Waals surface area (Å²) in [7, 11) is 0. The molecule has 1 aliphatic rings. The Morgan fingerprint density at radius 1 is 1.43 bits per heavy atom. The van der Waals surface area contributed by atoms with Crippen LogP contribution in [0.3, 0.4) is 0 Å². The number of carbonyl (C=O) groups excluding carboxylic acids is 1. The maximum absolute atomic E-state index is 12.2. The van der Waals surface area contributed by atoms with Gasteiger partial charge in [-0.1, -0.05) is 18.2 Å². The standard InChI is InChI=1S/C15H17N5O/c21-15(12-5-2-1-3-6-12)18-9-13-7-4-8-17-14(13)20-11-16-10-19-20/h1-2,4,7-8,10-12H,3,5-6,9H2,(H,18,21). The van der Waals surface area contributed by atoms with Crippen molar-refractivity contribution in [3.05, 3.63) is 48.7 Å². The van der Waals surface area contributed by atoms with E-state index >= 15 is 0 Å². The first-order chi connectivity index (χ1) is 10.3. The van der Waals surface area contributed by atoms with Crippen molar-refractivity contribution in [3.8, 4) is 5.82 Å². The Bertz CT molecular complexity index is 635. The van der Waals surface area contributed by atoms with Crippen LogP contribution in [0.1, 0.15) is 24.8 Å². The summed E-state index contributed by atoms with van der Waals surface area (Å²) in [6.07, 6.45) is 11.7. The van der Waals surface area contributed by atoms with Gasteiger partial charge in [0.25, 0.3) is 0 Å². The molecule has 2 aromatic heterocycles. The number of hydrogen-bond donors (Lipinski definition) is 1. The van der Waals surface area contributed by atoms with Gasteiger partial charge in [0.15, 0.2) is 5.82 Å². The molecule has 6 heteroatoms. The molecule has 0 saturated carbocycles. The third-order valence-electron chi connectivity index (χ3n) is 3.60. The van der Waals surface area contributed by atoms with Gasteiger partial charge in [-0.3, -0.25) is 4.79 Å². The van der Waals surface area contributed by atoms with E-state index in [1.807, 2.05) is 12.1 Å². The van der Waals surface area contributed by atoms with Gasteiger partial charge in [0.1, 0.15) is 12.7 Å². The maximum Gasteiger partial charge on any atom is 0.223 e. The fraction of sp³-hybridized carbons (Fsp3) is 0.333. The van der Waals surface area contributed by atoms with E-state index in [4.69, 9.17) is 0 Å². The Labute approximate surface area is 122 Å². The zero-order chi connectivity index (χ0) is 14.5. The summed E-state index contributed by atoms with van der Waals surface area (Å²) in [6, 6.07) is 3.79. The van der Waals surface area contributed by atoms with Crippen molar-refractivity contribution in [2.75, 3.05) is 0 Å². The number of carbonyl (C=O) groups is 1. The number of amides is 1. The summed E-state index contributed by atoms with van der Waals surface area (Å²) in [4.78, 5) is 20.4. The zero-order valence-electron chi connectivity index (χ0n) is 11.6. The van der Waals surface area contributed by atoms with Crippen LogP contribution in [0.2, 0.25) is 0 Å². The SMILES string of the molecule is O=C(NCc1cccnc1-n1cncn1)C1CC=CCC1. The molecule has 1 amide bonds. The molecule has 0 bridgehead atoms. The van der Waals surface area contributed by atoms with Gasteiger partial charge < -0.3 is 5.32 Å². The number of pyridine rings is 1. The van der Waals surface area contributed by atoms with Crippen LogP contribution in [0.4, 0.5) is 0 Å². The third kappa shape index (κ3) is 3.16. The van der Waals surface area contributed by atoms with Gasteiger partial charge in [-0.15, -0.1) is 0 Å². The highest BCUT2D eigenvalue weighted by molar-refractivity contribution is 5.79. The van der Waals surface area contributed by atoms with E-state index in [-0.39, 0.29) is 11.8 Å². The molecule has 0 fully saturated rings. The van der Waals surface area contributed by atoms with Crippen molar-refractivity contribution in [1.29, 1.82) is 0 Å². The molecule has 6 nitrogen and oxygen atoms in total. The van der Waals surface area contributed by atoms with E-state index in [9.17, 15) is 4.79 Å². The molecule has 1 N–H and O–H groups in total. The molecule has 0 aromatic carbocycles. The van der Waals surface area contributed by atoms with E-state index < -0.39 is 0 Å². The van der Waals surface area contributed by atoms with E-state index in [0.29, 0.717) is 12.4 Å². The third-order valence-corrected chi connectivity index (χ3v) is 3.60. The zero-order valence-corrected chi connectivity index (χ0v) is 11.6. The lowest BCUT2D eigenvalue weighted by molar-refractivity contribution is -0.125. The fourth-order valence-corrected chi connectivity index (χ4v) is 2.45. The minimum absolute atomic E-state index is 0.0847. The molecule has 21 heavy (non-hydrogen) atoms. The molecule has 3 rings (SSSR count). The van der Waals surface area contributed by atoms with Crippen LogP contribution in [-0.4, -0.2) is 25.7 Å². The average Bonchev–Trinajstić information content (AvgIpc) is 3.08. The van der Waals surface area contributed by atoms with Crippen LogP contribution >= 0.6 is 0 Å². The summed E-state index contributed by atoms with van der Waals surface area (Å²) in [6.45, 7) is 0.447. The molecular formula is C15H17N5O. The predicted octanol–water partition coefficient (Wildman–Crippen LogP) is 1.63. The minimum Gasteiger partial charge on any atom is -0.352 e. The van der Waals surface area contributed by atoms with Crippen molar-refractivity contribution in [2.45, 2.75) is 25.8 Å². The van der Waals surface area contributed by atoms with Crippen LogP contribution in [-0.2, 0) is 11.3 Å². The van der Waals surface area contributed by atoms with Gasteiger partial charge in [-0.05, 0) is 25.3 Å². The first-order valence-corrected chi connectivity index (χ1v) is 7.06. The summed E-state index contributed by atoms with van der Waals surface area (Å²) in [5.74, 6) is 0.882. The second kappa shape index (κ2) is 6.30. The lowest BCUT2D eigenvalue weighted by Crippen LogP contribution is -2.31. The molecule has 1 aliphatic carbocycles. The van der Waals surface area contributed by atoms with Gasteiger partial charge in [0.05, 0.1) is 0 Å². The molecule has 0 spiro atoms. The molecule has 0 saturated heterocycles. The number of allylic oxidation sites excluding steroid dienone is 2. The van der Waals surface area contributed by atoms with Crippen LogP contribution < -0.4 is 5.32 Å². The van der Waals surface area contributed by atoms with Gasteiger partial charge >= 0.3 is 0 Å². The van der Waals surface area contributed by atoms with Crippen LogP contribution in [0.25, 0.3) is 5.82 Å². The Hall–Kier alpha value is -2.50. The Balaban J connectivity index is 1.68. The first-order valence-electron chi connectivity index (χ1n) is 7.06. The maximum atomic E-state index is 12.2. The minimum atomic E-state index is 0.0847. The van der Waals surface area contributed by atoms with Crippen molar-refractivity contribution < 1.29 is 4.79 Å². The molecule has 108 valence electrons. The summed E-state index contributed by atoms with van der Waals surface area (Å²) >= 11 is 0. The van der Waals surface area contributed by atoms with Gasteiger partial charge in [-0.25, -0.2) is 14.6 Å². The lowest BCUT2D eigenvalue weighted by atomic mass is 9.93. The van der Waals surface area contributed by atoms with E-state index in [1.54, 1.807) is 17.2 Å². The highest BCUT2D eigenvalue weighted by Gasteiger charge is 2.18. The van der Waals surface area contributed by atoms with Gasteiger partial charge in [-0.2, -0.15) is 5.10 Å². The molecule has 2 heterocycles. The summed E-state index contributed by atoms with van der Waals surface area (Å²) in [5, 5.41) is 7.08. The Morgan fingerprint density at radius 2 is 2.38 bits per heavy atom. The van der Waals surface area contributed by atoms with Crippen LogP contribution in [0, 0.1) is 5.92 Å². The number of aromatic nitrogens is 4. The van der Waals surface area contributed by atoms with Crippen molar-refractivity contribution in [1.82, 2.24) is 25.1 Å². The largest absolute Gasteiger partial charge is 0.352 e. The van der Waals surface area contributed by atoms with Crippen LogP contribution in [0.15, 0.2) is 43.1 Å². The Kier molecular flexibility index (Phi) is 4.04. The number of nitrogens with one attached hydrogen (secondary N) is 1. The lowest BCUT2D eigenvalue weighted by Gasteiger charge is -2.17. The van der Waals surface area contributed by atoms with E-state index in [2.05, 4.69) is 32.5 Å². The quantitative estimate of drug-likeness (QED) is 0.866. The molecule has 2 aromatic rings. The van der Waals surface area contributed by atoms with Crippen molar-refractivity contribution in [3.63, 3.8) is 0 Å². The fourth-order valence-electron chi connectivity index (χ4n) is 2.45. The Morgan fingerprint density at radius 3 is 3.14 bits per heavy atom. The molecule has 0 radical (unpaired) electrons. The van der Waals surface area contributed by atoms with E-state index in [1.165, 1.54) is 6.33 Å². The predicted molar refractivity (Wildman–Crippen MR) is 77.5 cm³/mol. The van der Waals surface area contributed by atoms with Crippen molar-refractivity contribution in [2.24, 2.45) is 5.92 Å². The smallest absolute Gasteiger partial charge is 0.223 e. The highest BCUT2D eigenvalue weighted by Crippen LogP contribution is 2.18.